The zero-order valence-electron chi connectivity index (χ0n) is 14.2. The van der Waals surface area contributed by atoms with Gasteiger partial charge in [0.1, 0.15) is 5.82 Å². The minimum atomic E-state index is -0.102. The first-order valence-electron chi connectivity index (χ1n) is 8.33. The molecule has 0 saturated carbocycles. The number of methoxy groups -OCH3 is 1. The Morgan fingerprint density at radius 1 is 1.36 bits per heavy atom. The van der Waals surface area contributed by atoms with Crippen LogP contribution in [0.2, 0.25) is 0 Å². The molecule has 2 atom stereocenters. The maximum absolute atomic E-state index is 12.7. The van der Waals surface area contributed by atoms with Gasteiger partial charge in [-0.15, -0.1) is 0 Å². The third-order valence-corrected chi connectivity index (χ3v) is 4.55. The second kappa shape index (κ2) is 7.52. The number of nitrogens with zero attached hydrogens (tertiary/aromatic N) is 4. The van der Waals surface area contributed by atoms with Crippen LogP contribution in [0.25, 0.3) is 0 Å². The van der Waals surface area contributed by atoms with Gasteiger partial charge in [0.2, 0.25) is 5.91 Å². The molecule has 1 saturated heterocycles. The number of carbonyl (C=O) groups is 1. The molecule has 2 aromatic heterocycles. The maximum Gasteiger partial charge on any atom is 0.250 e. The van der Waals surface area contributed by atoms with Crippen LogP contribution in [-0.2, 0) is 22.6 Å². The molecule has 0 unspecified atom stereocenters. The number of aryl methyl sites for hydroxylation is 1. The molecule has 1 aliphatic rings. The van der Waals surface area contributed by atoms with Gasteiger partial charge in [-0.1, -0.05) is 6.07 Å². The molecule has 134 valence electrons. The Bertz CT molecular complexity index is 784. The van der Waals surface area contributed by atoms with Crippen LogP contribution in [0.15, 0.2) is 41.5 Å². The number of rotatable bonds is 6. The number of nitrogen functional groups attached to an aromatic ring is 1. The van der Waals surface area contributed by atoms with E-state index in [0.29, 0.717) is 25.5 Å². The Labute approximate surface area is 145 Å². The highest BCUT2D eigenvalue weighted by atomic mass is 16.5. The molecule has 0 bridgehead atoms. The molecule has 1 amide bonds. The molecular formula is C17H23N5O3. The Balaban J connectivity index is 1.65. The van der Waals surface area contributed by atoms with Crippen LogP contribution in [0.4, 0.5) is 5.82 Å². The van der Waals surface area contributed by atoms with Crippen LogP contribution in [0.5, 0.6) is 0 Å². The molecule has 3 rings (SSSR count). The Morgan fingerprint density at radius 2 is 2.20 bits per heavy atom. The third kappa shape index (κ3) is 4.08. The molecule has 0 spiro atoms. The first-order valence-corrected chi connectivity index (χ1v) is 8.33. The SMILES string of the molecule is CO[C@@H]1C[C@@H](Cn2ccc(N)n2)N(C(=O)CCn2ccccc2=O)C1. The molecule has 0 radical (unpaired) electrons. The van der Waals surface area contributed by atoms with Gasteiger partial charge in [-0.25, -0.2) is 0 Å². The van der Waals surface area contributed by atoms with Gasteiger partial charge in [-0.2, -0.15) is 5.10 Å². The van der Waals surface area contributed by atoms with E-state index in [9.17, 15) is 9.59 Å². The maximum atomic E-state index is 12.7. The Hall–Kier alpha value is -2.61. The molecule has 3 heterocycles. The zero-order chi connectivity index (χ0) is 17.8. The number of anilines is 1. The lowest BCUT2D eigenvalue weighted by Gasteiger charge is -2.24. The summed E-state index contributed by atoms with van der Waals surface area (Å²) in [5, 5.41) is 4.19. The number of aromatic nitrogens is 3. The number of nitrogens with two attached hydrogens (primary N) is 1. The second-order valence-corrected chi connectivity index (χ2v) is 6.24. The molecular weight excluding hydrogens is 322 g/mol. The highest BCUT2D eigenvalue weighted by Crippen LogP contribution is 2.22. The van der Waals surface area contributed by atoms with E-state index < -0.39 is 0 Å². The lowest BCUT2D eigenvalue weighted by atomic mass is 10.2. The molecule has 25 heavy (non-hydrogen) atoms. The minimum Gasteiger partial charge on any atom is -0.382 e. The van der Waals surface area contributed by atoms with Crippen LogP contribution in [0.3, 0.4) is 0 Å². The summed E-state index contributed by atoms with van der Waals surface area (Å²) in [5.41, 5.74) is 5.56. The van der Waals surface area contributed by atoms with Crippen molar-refractivity contribution in [2.45, 2.75) is 38.1 Å². The van der Waals surface area contributed by atoms with Crippen LogP contribution < -0.4 is 11.3 Å². The number of amides is 1. The van der Waals surface area contributed by atoms with Crippen LogP contribution in [0.1, 0.15) is 12.8 Å². The van der Waals surface area contributed by atoms with Gasteiger partial charge in [-0.3, -0.25) is 14.3 Å². The number of hydrogen-bond acceptors (Lipinski definition) is 5. The molecule has 2 aromatic rings. The van der Waals surface area contributed by atoms with E-state index in [0.717, 1.165) is 6.42 Å². The average molecular weight is 345 g/mol. The highest BCUT2D eigenvalue weighted by Gasteiger charge is 2.35. The Kier molecular flexibility index (Phi) is 5.18. The number of ether oxygens (including phenoxy) is 1. The van der Waals surface area contributed by atoms with Gasteiger partial charge >= 0.3 is 0 Å². The molecule has 8 nitrogen and oxygen atoms in total. The summed E-state index contributed by atoms with van der Waals surface area (Å²) in [6.07, 6.45) is 4.55. The predicted molar refractivity (Wildman–Crippen MR) is 92.9 cm³/mol. The number of likely N-dealkylation sites (tertiary alicyclic amines) is 1. The first-order chi connectivity index (χ1) is 12.1. The molecule has 2 N–H and O–H groups in total. The van der Waals surface area contributed by atoms with E-state index in [1.54, 1.807) is 40.8 Å². The van der Waals surface area contributed by atoms with Gasteiger partial charge in [0.25, 0.3) is 5.56 Å². The molecule has 0 aliphatic carbocycles. The van der Waals surface area contributed by atoms with Crippen LogP contribution in [-0.4, -0.2) is 51.0 Å². The number of carbonyl (C=O) groups excluding carboxylic acids is 1. The summed E-state index contributed by atoms with van der Waals surface area (Å²) in [5.74, 6) is 0.475. The van der Waals surface area contributed by atoms with Gasteiger partial charge in [0, 0.05) is 45.1 Å². The van der Waals surface area contributed by atoms with E-state index in [1.165, 1.54) is 6.07 Å². The fraction of sp³-hybridized carbons (Fsp3) is 0.471. The fourth-order valence-electron chi connectivity index (χ4n) is 3.22. The predicted octanol–water partition coefficient (Wildman–Crippen LogP) is 0.333. The second-order valence-electron chi connectivity index (χ2n) is 6.24. The van der Waals surface area contributed by atoms with Crippen molar-refractivity contribution < 1.29 is 9.53 Å². The number of hydrogen-bond donors (Lipinski definition) is 1. The summed E-state index contributed by atoms with van der Waals surface area (Å²) in [6, 6.07) is 6.70. The van der Waals surface area contributed by atoms with Crippen molar-refractivity contribution >= 4 is 11.7 Å². The molecule has 8 heteroatoms. The van der Waals surface area contributed by atoms with Crippen molar-refractivity contribution in [3.8, 4) is 0 Å². The normalized spacial score (nSPS) is 20.1. The van der Waals surface area contributed by atoms with Crippen molar-refractivity contribution in [3.63, 3.8) is 0 Å². The van der Waals surface area contributed by atoms with Crippen LogP contribution in [0, 0.1) is 0 Å². The summed E-state index contributed by atoms with van der Waals surface area (Å²) >= 11 is 0. The van der Waals surface area contributed by atoms with E-state index in [1.807, 2.05) is 11.1 Å². The van der Waals surface area contributed by atoms with Gasteiger partial charge < -0.3 is 19.9 Å². The van der Waals surface area contributed by atoms with Crippen molar-refractivity contribution in [3.05, 3.63) is 47.0 Å². The average Bonchev–Trinajstić information content (AvgIpc) is 3.20. The minimum absolute atomic E-state index is 0.00393. The summed E-state index contributed by atoms with van der Waals surface area (Å²) in [6.45, 7) is 1.50. The summed E-state index contributed by atoms with van der Waals surface area (Å²) in [4.78, 5) is 26.3. The summed E-state index contributed by atoms with van der Waals surface area (Å²) in [7, 11) is 1.66. The smallest absolute Gasteiger partial charge is 0.250 e. The summed E-state index contributed by atoms with van der Waals surface area (Å²) < 4.78 is 8.74. The lowest BCUT2D eigenvalue weighted by molar-refractivity contribution is -0.132. The largest absolute Gasteiger partial charge is 0.382 e. The van der Waals surface area contributed by atoms with Gasteiger partial charge in [-0.05, 0) is 18.6 Å². The van der Waals surface area contributed by atoms with Gasteiger partial charge in [0.15, 0.2) is 0 Å². The van der Waals surface area contributed by atoms with E-state index in [4.69, 9.17) is 10.5 Å². The molecule has 1 aliphatic heterocycles. The highest BCUT2D eigenvalue weighted by molar-refractivity contribution is 5.76. The van der Waals surface area contributed by atoms with Crippen molar-refractivity contribution in [1.82, 2.24) is 19.2 Å². The van der Waals surface area contributed by atoms with E-state index in [2.05, 4.69) is 5.10 Å². The quantitative estimate of drug-likeness (QED) is 0.814. The Morgan fingerprint density at radius 3 is 2.88 bits per heavy atom. The zero-order valence-corrected chi connectivity index (χ0v) is 14.2. The van der Waals surface area contributed by atoms with Gasteiger partial charge in [0.05, 0.1) is 18.7 Å². The third-order valence-electron chi connectivity index (χ3n) is 4.55. The standard InChI is InChI=1S/C17H23N5O3/c1-25-14-10-13(11-21-9-5-15(18)19-21)22(12-14)17(24)6-8-20-7-3-2-4-16(20)23/h2-5,7,9,13-14H,6,8,10-12H2,1H3,(H2,18,19)/t13-,14+/m0/s1. The van der Waals surface area contributed by atoms with E-state index >= 15 is 0 Å². The first kappa shape index (κ1) is 17.2. The number of pyridine rings is 1. The van der Waals surface area contributed by atoms with Crippen LogP contribution >= 0.6 is 0 Å². The lowest BCUT2D eigenvalue weighted by Crippen LogP contribution is -2.39. The molecule has 0 aromatic carbocycles. The monoisotopic (exact) mass is 345 g/mol. The van der Waals surface area contributed by atoms with Crippen molar-refractivity contribution in [2.75, 3.05) is 19.4 Å². The van der Waals surface area contributed by atoms with Crippen molar-refractivity contribution in [2.24, 2.45) is 0 Å². The van der Waals surface area contributed by atoms with E-state index in [-0.39, 0.29) is 30.0 Å². The van der Waals surface area contributed by atoms with Crippen molar-refractivity contribution in [1.29, 1.82) is 0 Å². The topological polar surface area (TPSA) is 95.4 Å². The molecule has 1 fully saturated rings. The fourth-order valence-corrected chi connectivity index (χ4v) is 3.22.